The monoisotopic (exact) mass is 500 g/mol. The molecule has 2 aromatic carbocycles. The number of hydrogen-bond donors (Lipinski definition) is 1. The molecule has 0 fully saturated rings. The van der Waals surface area contributed by atoms with Crippen LogP contribution in [0.25, 0.3) is 0 Å². The largest absolute Gasteiger partial charge is 0.493 e. The number of halogens is 1. The molecule has 10 heteroatoms. The number of benzene rings is 2. The first-order valence-electron chi connectivity index (χ1n) is 11.7. The van der Waals surface area contributed by atoms with Crippen molar-refractivity contribution in [2.45, 2.75) is 32.4 Å². The fourth-order valence-electron chi connectivity index (χ4n) is 3.90. The van der Waals surface area contributed by atoms with E-state index in [4.69, 9.17) is 14.2 Å². The molecule has 0 aliphatic carbocycles. The first kappa shape index (κ1) is 26.9. The number of hydrogen-bond acceptors (Lipinski definition) is 6. The normalized spacial score (nSPS) is 15.0. The van der Waals surface area contributed by atoms with Crippen molar-refractivity contribution in [1.82, 2.24) is 15.2 Å². The Hall–Kier alpha value is -3.66. The van der Waals surface area contributed by atoms with Crippen molar-refractivity contribution in [1.29, 1.82) is 0 Å². The van der Waals surface area contributed by atoms with Gasteiger partial charge in [-0.2, -0.15) is 5.10 Å². The molecule has 1 atom stereocenters. The van der Waals surface area contributed by atoms with Crippen LogP contribution < -0.4 is 14.8 Å². The maximum absolute atomic E-state index is 13.5. The highest BCUT2D eigenvalue weighted by atomic mass is 19.1. The molecule has 0 saturated carbocycles. The van der Waals surface area contributed by atoms with Crippen LogP contribution in [0.3, 0.4) is 0 Å². The fraction of sp³-hybridized carbons (Fsp3) is 0.423. The van der Waals surface area contributed by atoms with Crippen LogP contribution in [0.1, 0.15) is 37.4 Å². The molecule has 1 heterocycles. The topological polar surface area (TPSA) is 92.7 Å². The second-order valence-electron chi connectivity index (χ2n) is 8.64. The minimum atomic E-state index is -0.449. The lowest BCUT2D eigenvalue weighted by Gasteiger charge is -2.28. The second-order valence-corrected chi connectivity index (χ2v) is 8.64. The molecule has 36 heavy (non-hydrogen) atoms. The number of carbonyl (C=O) groups is 2. The summed E-state index contributed by atoms with van der Waals surface area (Å²) >= 11 is 0. The van der Waals surface area contributed by atoms with Gasteiger partial charge in [0.25, 0.3) is 5.91 Å². The van der Waals surface area contributed by atoms with Gasteiger partial charge < -0.3 is 24.4 Å². The van der Waals surface area contributed by atoms with E-state index >= 15 is 0 Å². The Balaban J connectivity index is 1.94. The van der Waals surface area contributed by atoms with Crippen molar-refractivity contribution >= 4 is 17.6 Å². The summed E-state index contributed by atoms with van der Waals surface area (Å²) in [4.78, 5) is 27.7. The van der Waals surface area contributed by atoms with Gasteiger partial charge >= 0.3 is 6.03 Å². The predicted octanol–water partition coefficient (Wildman–Crippen LogP) is 3.59. The average molecular weight is 501 g/mol. The van der Waals surface area contributed by atoms with Crippen LogP contribution in [0.5, 0.6) is 11.5 Å². The lowest BCUT2D eigenvalue weighted by atomic mass is 9.98. The molecule has 9 nitrogen and oxygen atoms in total. The number of methoxy groups -OCH3 is 3. The number of urea groups is 1. The number of hydrazone groups is 1. The quantitative estimate of drug-likeness (QED) is 0.538. The second kappa shape index (κ2) is 12.3. The molecular formula is C26H33FN4O5. The van der Waals surface area contributed by atoms with Crippen molar-refractivity contribution in [3.63, 3.8) is 0 Å². The fourth-order valence-corrected chi connectivity index (χ4v) is 3.90. The Bertz CT molecular complexity index is 1090. The summed E-state index contributed by atoms with van der Waals surface area (Å²) in [6, 6.07) is 10.5. The molecule has 1 N–H and O–H groups in total. The molecule has 0 saturated heterocycles. The molecule has 0 bridgehead atoms. The summed E-state index contributed by atoms with van der Waals surface area (Å²) in [7, 11) is 4.63. The summed E-state index contributed by atoms with van der Waals surface area (Å²) in [6.07, 6.45) is 0.406. The highest BCUT2D eigenvalue weighted by Crippen LogP contribution is 2.37. The van der Waals surface area contributed by atoms with E-state index in [9.17, 15) is 14.0 Å². The summed E-state index contributed by atoms with van der Waals surface area (Å²) in [6.45, 7) is 4.03. The van der Waals surface area contributed by atoms with Gasteiger partial charge in [-0.05, 0) is 49.2 Å². The van der Waals surface area contributed by atoms with Crippen molar-refractivity contribution in [2.24, 2.45) is 5.10 Å². The number of amides is 3. The van der Waals surface area contributed by atoms with Crippen LogP contribution in [0.4, 0.5) is 9.18 Å². The van der Waals surface area contributed by atoms with Crippen LogP contribution >= 0.6 is 0 Å². The minimum absolute atomic E-state index is 0.0907. The highest BCUT2D eigenvalue weighted by Gasteiger charge is 2.35. The summed E-state index contributed by atoms with van der Waals surface area (Å²) in [5.74, 6) is 0.372. The maximum Gasteiger partial charge on any atom is 0.318 e. The molecule has 2 aromatic rings. The van der Waals surface area contributed by atoms with Crippen LogP contribution in [0.2, 0.25) is 0 Å². The van der Waals surface area contributed by atoms with Crippen LogP contribution in [0.15, 0.2) is 47.6 Å². The van der Waals surface area contributed by atoms with E-state index in [1.165, 1.54) is 29.2 Å². The average Bonchev–Trinajstić information content (AvgIpc) is 3.31. The van der Waals surface area contributed by atoms with Gasteiger partial charge in [-0.3, -0.25) is 4.79 Å². The Kier molecular flexibility index (Phi) is 9.24. The van der Waals surface area contributed by atoms with Gasteiger partial charge in [0, 0.05) is 26.1 Å². The van der Waals surface area contributed by atoms with Gasteiger partial charge in [-0.1, -0.05) is 18.2 Å². The molecule has 0 radical (unpaired) electrons. The van der Waals surface area contributed by atoms with E-state index in [2.05, 4.69) is 10.4 Å². The van der Waals surface area contributed by atoms with Gasteiger partial charge in [-0.25, -0.2) is 14.2 Å². The zero-order chi connectivity index (χ0) is 26.2. The molecule has 1 unspecified atom stereocenters. The molecule has 1 aliphatic heterocycles. The smallest absolute Gasteiger partial charge is 0.318 e. The van der Waals surface area contributed by atoms with E-state index < -0.39 is 6.04 Å². The number of nitrogens with zero attached hydrogens (tertiary/aromatic N) is 3. The van der Waals surface area contributed by atoms with Crippen molar-refractivity contribution in [3.05, 3.63) is 59.4 Å². The van der Waals surface area contributed by atoms with Gasteiger partial charge in [0.2, 0.25) is 0 Å². The van der Waals surface area contributed by atoms with Gasteiger partial charge in [0.1, 0.15) is 12.4 Å². The van der Waals surface area contributed by atoms with Crippen LogP contribution in [0, 0.1) is 5.82 Å². The predicted molar refractivity (Wildman–Crippen MR) is 134 cm³/mol. The van der Waals surface area contributed by atoms with Crippen LogP contribution in [-0.4, -0.2) is 74.6 Å². The summed E-state index contributed by atoms with van der Waals surface area (Å²) in [5.41, 5.74) is 2.14. The number of ether oxygens (including phenoxy) is 3. The van der Waals surface area contributed by atoms with E-state index in [1.54, 1.807) is 38.5 Å². The van der Waals surface area contributed by atoms with Crippen LogP contribution in [-0.2, 0) is 9.53 Å². The molecule has 3 amide bonds. The third kappa shape index (κ3) is 6.51. The molecule has 0 aromatic heterocycles. The lowest BCUT2D eigenvalue weighted by Crippen LogP contribution is -2.48. The molecule has 1 aliphatic rings. The molecular weight excluding hydrogens is 467 g/mol. The van der Waals surface area contributed by atoms with Crippen molar-refractivity contribution in [2.75, 3.05) is 41.0 Å². The Morgan fingerprint density at radius 2 is 1.81 bits per heavy atom. The molecule has 3 rings (SSSR count). The maximum atomic E-state index is 13.5. The van der Waals surface area contributed by atoms with Crippen molar-refractivity contribution < 1.29 is 28.2 Å². The van der Waals surface area contributed by atoms with E-state index in [-0.39, 0.29) is 43.5 Å². The van der Waals surface area contributed by atoms with E-state index in [0.29, 0.717) is 29.2 Å². The van der Waals surface area contributed by atoms with E-state index in [0.717, 1.165) is 5.56 Å². The first-order valence-corrected chi connectivity index (χ1v) is 11.7. The Morgan fingerprint density at radius 3 is 2.42 bits per heavy atom. The number of carbonyl (C=O) groups excluding carboxylic acids is 2. The number of rotatable bonds is 10. The summed E-state index contributed by atoms with van der Waals surface area (Å²) < 4.78 is 29.4. The minimum Gasteiger partial charge on any atom is -0.493 e. The van der Waals surface area contributed by atoms with Gasteiger partial charge in [0.05, 0.1) is 32.6 Å². The van der Waals surface area contributed by atoms with Gasteiger partial charge in [0.15, 0.2) is 11.5 Å². The highest BCUT2D eigenvalue weighted by molar-refractivity contribution is 6.03. The Labute approximate surface area is 210 Å². The van der Waals surface area contributed by atoms with Crippen molar-refractivity contribution in [3.8, 4) is 11.5 Å². The third-order valence-corrected chi connectivity index (χ3v) is 5.73. The lowest BCUT2D eigenvalue weighted by molar-refractivity contribution is -0.133. The first-order chi connectivity index (χ1) is 17.3. The Morgan fingerprint density at radius 1 is 1.11 bits per heavy atom. The summed E-state index contributed by atoms with van der Waals surface area (Å²) in [5, 5.41) is 8.82. The third-order valence-electron chi connectivity index (χ3n) is 5.73. The SMILES string of the molecule is COCCN(CC(=O)N1N=C(c2ccc(F)cc2)CC1c1ccc(OC)c(OC)c1)C(=O)NC(C)C. The molecule has 194 valence electrons. The van der Waals surface area contributed by atoms with E-state index in [1.807, 2.05) is 19.9 Å². The molecule has 0 spiro atoms. The standard InChI is InChI=1S/C26H33FN4O5/c1-17(2)28-26(33)30(12-13-34-3)16-25(32)31-22(19-8-11-23(35-4)24(14-19)36-5)15-21(29-31)18-6-9-20(27)10-7-18/h6-11,14,17,22H,12-13,15-16H2,1-5H3,(H,28,33). The van der Waals surface area contributed by atoms with Gasteiger partial charge in [-0.15, -0.1) is 0 Å². The zero-order valence-electron chi connectivity index (χ0n) is 21.3. The zero-order valence-corrected chi connectivity index (χ0v) is 21.3. The number of nitrogens with one attached hydrogen (secondary N) is 1.